The van der Waals surface area contributed by atoms with Gasteiger partial charge in [-0.25, -0.2) is 4.79 Å². The third-order valence-corrected chi connectivity index (χ3v) is 4.17. The molecule has 1 heterocycles. The summed E-state index contributed by atoms with van der Waals surface area (Å²) in [5.74, 6) is -1.43. The molecule has 0 saturated carbocycles. The molecule has 1 aromatic carbocycles. The van der Waals surface area contributed by atoms with Gasteiger partial charge >= 0.3 is 12.0 Å². The number of nitriles is 1. The Labute approximate surface area is 130 Å². The highest BCUT2D eigenvalue weighted by molar-refractivity contribution is 9.10. The first-order chi connectivity index (χ1) is 9.93. The van der Waals surface area contributed by atoms with E-state index < -0.39 is 11.9 Å². The predicted octanol–water partition coefficient (Wildman–Crippen LogP) is 2.65. The molecule has 1 aliphatic rings. The van der Waals surface area contributed by atoms with Gasteiger partial charge in [-0.1, -0.05) is 15.9 Å². The van der Waals surface area contributed by atoms with E-state index in [-0.39, 0.29) is 12.1 Å². The van der Waals surface area contributed by atoms with Gasteiger partial charge in [0.2, 0.25) is 0 Å². The monoisotopic (exact) mass is 351 g/mol. The van der Waals surface area contributed by atoms with E-state index in [1.807, 2.05) is 6.07 Å². The number of hydrogen-bond acceptors (Lipinski definition) is 3. The third kappa shape index (κ3) is 3.16. The van der Waals surface area contributed by atoms with Crippen LogP contribution in [0.1, 0.15) is 18.9 Å². The maximum Gasteiger partial charge on any atom is 0.322 e. The van der Waals surface area contributed by atoms with Crippen molar-refractivity contribution in [2.24, 2.45) is 5.92 Å². The molecule has 0 spiro atoms. The number of benzene rings is 1. The average molecular weight is 352 g/mol. The van der Waals surface area contributed by atoms with E-state index >= 15 is 0 Å². The summed E-state index contributed by atoms with van der Waals surface area (Å²) in [4.78, 5) is 24.8. The second-order valence-electron chi connectivity index (χ2n) is 4.90. The second kappa shape index (κ2) is 6.14. The molecular formula is C14H14BrN3O3. The van der Waals surface area contributed by atoms with E-state index in [9.17, 15) is 9.59 Å². The van der Waals surface area contributed by atoms with Crippen LogP contribution in [0.5, 0.6) is 0 Å². The lowest BCUT2D eigenvalue weighted by Crippen LogP contribution is -2.40. The molecule has 0 bridgehead atoms. The summed E-state index contributed by atoms with van der Waals surface area (Å²) >= 11 is 3.26. The molecule has 1 fully saturated rings. The van der Waals surface area contributed by atoms with Gasteiger partial charge in [-0.15, -0.1) is 0 Å². The zero-order valence-electron chi connectivity index (χ0n) is 11.3. The van der Waals surface area contributed by atoms with Crippen LogP contribution in [0, 0.1) is 17.2 Å². The minimum atomic E-state index is -0.890. The number of rotatable bonds is 2. The first kappa shape index (κ1) is 15.3. The number of carboxylic acids is 1. The molecule has 1 aliphatic heterocycles. The normalized spacial score (nSPS) is 20.9. The topological polar surface area (TPSA) is 93.4 Å². The zero-order chi connectivity index (χ0) is 15.6. The molecule has 0 radical (unpaired) electrons. The number of nitrogens with zero attached hydrogens (tertiary/aromatic N) is 2. The molecular weight excluding hydrogens is 338 g/mol. The average Bonchev–Trinajstić information content (AvgIpc) is 2.82. The standard InChI is InChI=1S/C14H14BrN3O3/c1-8-11(13(19)20)4-5-18(8)14(21)17-12-3-2-10(15)6-9(12)7-16/h2-3,6,8,11H,4-5H2,1H3,(H,17,21)(H,19,20). The van der Waals surface area contributed by atoms with Crippen LogP contribution < -0.4 is 5.32 Å². The molecule has 1 saturated heterocycles. The van der Waals surface area contributed by atoms with Crippen molar-refractivity contribution in [1.29, 1.82) is 5.26 Å². The fourth-order valence-corrected chi connectivity index (χ4v) is 2.82. The van der Waals surface area contributed by atoms with E-state index in [1.165, 1.54) is 4.90 Å². The van der Waals surface area contributed by atoms with Crippen molar-refractivity contribution in [3.8, 4) is 6.07 Å². The Hall–Kier alpha value is -2.07. The molecule has 2 N–H and O–H groups in total. The summed E-state index contributed by atoms with van der Waals surface area (Å²) < 4.78 is 0.748. The molecule has 21 heavy (non-hydrogen) atoms. The van der Waals surface area contributed by atoms with Crippen LogP contribution >= 0.6 is 15.9 Å². The number of amides is 2. The molecule has 2 unspecified atom stereocenters. The molecule has 2 atom stereocenters. The van der Waals surface area contributed by atoms with Gasteiger partial charge in [0, 0.05) is 17.1 Å². The van der Waals surface area contributed by atoms with E-state index in [4.69, 9.17) is 10.4 Å². The van der Waals surface area contributed by atoms with Crippen LogP contribution in [0.2, 0.25) is 0 Å². The Morgan fingerprint density at radius 2 is 2.24 bits per heavy atom. The Morgan fingerprint density at radius 1 is 1.52 bits per heavy atom. The van der Waals surface area contributed by atoms with Crippen molar-refractivity contribution in [2.45, 2.75) is 19.4 Å². The van der Waals surface area contributed by atoms with Crippen LogP contribution in [0.3, 0.4) is 0 Å². The van der Waals surface area contributed by atoms with Gasteiger partial charge < -0.3 is 15.3 Å². The molecule has 0 aromatic heterocycles. The Bertz CT molecular complexity index is 626. The van der Waals surface area contributed by atoms with Crippen molar-refractivity contribution in [1.82, 2.24) is 4.90 Å². The van der Waals surface area contributed by atoms with Crippen molar-refractivity contribution in [3.63, 3.8) is 0 Å². The molecule has 7 heteroatoms. The smallest absolute Gasteiger partial charge is 0.322 e. The summed E-state index contributed by atoms with van der Waals surface area (Å²) in [7, 11) is 0. The van der Waals surface area contributed by atoms with Crippen molar-refractivity contribution < 1.29 is 14.7 Å². The summed E-state index contributed by atoms with van der Waals surface area (Å²) in [5.41, 5.74) is 0.760. The molecule has 6 nitrogen and oxygen atoms in total. The van der Waals surface area contributed by atoms with E-state index in [0.29, 0.717) is 24.2 Å². The molecule has 2 amide bonds. The number of hydrogen-bond donors (Lipinski definition) is 2. The molecule has 0 aliphatic carbocycles. The van der Waals surface area contributed by atoms with Gasteiger partial charge in [0.15, 0.2) is 0 Å². The lowest BCUT2D eigenvalue weighted by atomic mass is 10.0. The number of anilines is 1. The maximum atomic E-state index is 12.2. The summed E-state index contributed by atoms with van der Waals surface area (Å²) in [6, 6.07) is 6.23. The zero-order valence-corrected chi connectivity index (χ0v) is 12.9. The van der Waals surface area contributed by atoms with Crippen molar-refractivity contribution >= 4 is 33.6 Å². The molecule has 1 aromatic rings. The third-order valence-electron chi connectivity index (χ3n) is 3.68. The van der Waals surface area contributed by atoms with Gasteiger partial charge in [-0.05, 0) is 31.5 Å². The number of carbonyl (C=O) groups excluding carboxylic acids is 1. The fourth-order valence-electron chi connectivity index (χ4n) is 2.46. The van der Waals surface area contributed by atoms with E-state index in [1.54, 1.807) is 25.1 Å². The second-order valence-corrected chi connectivity index (χ2v) is 5.81. The highest BCUT2D eigenvalue weighted by Gasteiger charge is 2.38. The summed E-state index contributed by atoms with van der Waals surface area (Å²) in [6.07, 6.45) is 0.440. The number of carboxylic acid groups (broad SMARTS) is 1. The van der Waals surface area contributed by atoms with Crippen LogP contribution in [-0.4, -0.2) is 34.6 Å². The maximum absolute atomic E-state index is 12.2. The van der Waals surface area contributed by atoms with E-state index in [2.05, 4.69) is 21.2 Å². The van der Waals surface area contributed by atoms with Crippen LogP contribution in [0.4, 0.5) is 10.5 Å². The van der Waals surface area contributed by atoms with Gasteiger partial charge in [0.05, 0.1) is 17.2 Å². The highest BCUT2D eigenvalue weighted by atomic mass is 79.9. The number of urea groups is 1. The number of nitrogens with one attached hydrogen (secondary N) is 1. The quantitative estimate of drug-likeness (QED) is 0.856. The molecule has 2 rings (SSSR count). The summed E-state index contributed by atoms with van der Waals surface area (Å²) in [5, 5.41) is 20.8. The minimum Gasteiger partial charge on any atom is -0.481 e. The first-order valence-electron chi connectivity index (χ1n) is 6.44. The minimum absolute atomic E-state index is 0.347. The number of aliphatic carboxylic acids is 1. The highest BCUT2D eigenvalue weighted by Crippen LogP contribution is 2.26. The largest absolute Gasteiger partial charge is 0.481 e. The van der Waals surface area contributed by atoms with Gasteiger partial charge in [0.1, 0.15) is 6.07 Å². The van der Waals surface area contributed by atoms with Crippen LogP contribution in [0.15, 0.2) is 22.7 Å². The van der Waals surface area contributed by atoms with Crippen LogP contribution in [0.25, 0.3) is 0 Å². The first-order valence-corrected chi connectivity index (χ1v) is 7.23. The SMILES string of the molecule is CC1C(C(=O)O)CCN1C(=O)Nc1ccc(Br)cc1C#N. The number of halogens is 1. The molecule has 110 valence electrons. The number of carbonyl (C=O) groups is 2. The lowest BCUT2D eigenvalue weighted by molar-refractivity contribution is -0.142. The summed E-state index contributed by atoms with van der Waals surface area (Å²) in [6.45, 7) is 2.11. The van der Waals surface area contributed by atoms with Gasteiger partial charge in [-0.2, -0.15) is 5.26 Å². The van der Waals surface area contributed by atoms with Crippen molar-refractivity contribution in [3.05, 3.63) is 28.2 Å². The van der Waals surface area contributed by atoms with Gasteiger partial charge in [0.25, 0.3) is 0 Å². The fraction of sp³-hybridized carbons (Fsp3) is 0.357. The lowest BCUT2D eigenvalue weighted by Gasteiger charge is -2.23. The van der Waals surface area contributed by atoms with Crippen LogP contribution in [-0.2, 0) is 4.79 Å². The van der Waals surface area contributed by atoms with Crippen molar-refractivity contribution in [2.75, 3.05) is 11.9 Å². The Morgan fingerprint density at radius 3 is 2.81 bits per heavy atom. The van der Waals surface area contributed by atoms with E-state index in [0.717, 1.165) is 4.47 Å². The predicted molar refractivity (Wildman–Crippen MR) is 79.8 cm³/mol. The van der Waals surface area contributed by atoms with Gasteiger partial charge in [-0.3, -0.25) is 4.79 Å². The Kier molecular flexibility index (Phi) is 4.48. The Balaban J connectivity index is 2.13. The number of likely N-dealkylation sites (tertiary alicyclic amines) is 1.